The number of amides is 1. The number of nitrogens with two attached hydrogens (primary N) is 1. The Bertz CT molecular complexity index is 581. The quantitative estimate of drug-likeness (QED) is 0.889. The van der Waals surface area contributed by atoms with Crippen LogP contribution in [0.5, 0.6) is 0 Å². The highest BCUT2D eigenvalue weighted by Crippen LogP contribution is 2.29. The predicted octanol–water partition coefficient (Wildman–Crippen LogP) is 3.34. The Labute approximate surface area is 138 Å². The van der Waals surface area contributed by atoms with E-state index in [1.807, 2.05) is 41.3 Å². The number of carbonyl (C=O) groups is 1. The smallest absolute Gasteiger partial charge is 0.240 e. The monoisotopic (exact) mass is 308 g/mol. The topological polar surface area (TPSA) is 46.3 Å². The molecule has 120 valence electrons. The Hall–Kier alpha value is -2.13. The van der Waals surface area contributed by atoms with Crippen molar-refractivity contribution in [3.63, 3.8) is 0 Å². The summed E-state index contributed by atoms with van der Waals surface area (Å²) in [4.78, 5) is 14.8. The number of benzene rings is 2. The maximum absolute atomic E-state index is 12.9. The molecule has 3 nitrogen and oxygen atoms in total. The molecule has 2 aromatic carbocycles. The summed E-state index contributed by atoms with van der Waals surface area (Å²) in [5, 5.41) is 0. The highest BCUT2D eigenvalue weighted by Gasteiger charge is 2.32. The molecule has 0 heterocycles. The minimum Gasteiger partial charge on any atom is -0.333 e. The standard InChI is InChI=1S/C20H24N2O/c21-19(18-12-7-13-18)20(23)22(14-16-8-3-1-4-9-16)15-17-10-5-2-6-11-17/h1-6,8-11,18-19H,7,12-15,21H2. The number of rotatable bonds is 6. The van der Waals surface area contributed by atoms with Gasteiger partial charge in [-0.05, 0) is 29.9 Å². The minimum absolute atomic E-state index is 0.0717. The van der Waals surface area contributed by atoms with Gasteiger partial charge in [0, 0.05) is 13.1 Å². The van der Waals surface area contributed by atoms with E-state index in [-0.39, 0.29) is 11.9 Å². The molecule has 1 aliphatic rings. The lowest BCUT2D eigenvalue weighted by molar-refractivity contribution is -0.136. The lowest BCUT2D eigenvalue weighted by Gasteiger charge is -2.34. The summed E-state index contributed by atoms with van der Waals surface area (Å²) in [5.41, 5.74) is 8.51. The van der Waals surface area contributed by atoms with Crippen LogP contribution in [0.3, 0.4) is 0 Å². The molecule has 2 N–H and O–H groups in total. The fourth-order valence-corrected chi connectivity index (χ4v) is 3.03. The Morgan fingerprint density at radius 2 is 1.43 bits per heavy atom. The van der Waals surface area contributed by atoms with Gasteiger partial charge in [0.2, 0.25) is 5.91 Å². The molecule has 0 saturated heterocycles. The molecule has 0 bridgehead atoms. The van der Waals surface area contributed by atoms with Crippen molar-refractivity contribution in [2.75, 3.05) is 0 Å². The molecule has 0 spiro atoms. The van der Waals surface area contributed by atoms with E-state index in [0.717, 1.165) is 24.0 Å². The van der Waals surface area contributed by atoms with Crippen LogP contribution < -0.4 is 5.73 Å². The number of carbonyl (C=O) groups excluding carboxylic acids is 1. The third kappa shape index (κ3) is 3.99. The van der Waals surface area contributed by atoms with Crippen molar-refractivity contribution in [1.82, 2.24) is 4.90 Å². The van der Waals surface area contributed by atoms with E-state index in [1.54, 1.807) is 0 Å². The van der Waals surface area contributed by atoms with E-state index in [4.69, 9.17) is 5.73 Å². The SMILES string of the molecule is NC(C(=O)N(Cc1ccccc1)Cc1ccccc1)C1CCC1. The van der Waals surface area contributed by atoms with Crippen LogP contribution in [0.1, 0.15) is 30.4 Å². The van der Waals surface area contributed by atoms with Crippen molar-refractivity contribution >= 4 is 5.91 Å². The van der Waals surface area contributed by atoms with Gasteiger partial charge >= 0.3 is 0 Å². The second kappa shape index (κ2) is 7.42. The third-order valence-corrected chi connectivity index (χ3v) is 4.69. The molecule has 1 aliphatic carbocycles. The maximum atomic E-state index is 12.9. The fraction of sp³-hybridized carbons (Fsp3) is 0.350. The molecule has 1 saturated carbocycles. The van der Waals surface area contributed by atoms with Crippen LogP contribution in [0.15, 0.2) is 60.7 Å². The summed E-state index contributed by atoms with van der Waals surface area (Å²) in [6.45, 7) is 1.21. The van der Waals surface area contributed by atoms with Crippen LogP contribution >= 0.6 is 0 Å². The van der Waals surface area contributed by atoms with Gasteiger partial charge < -0.3 is 10.6 Å². The van der Waals surface area contributed by atoms with Crippen molar-refractivity contribution in [2.24, 2.45) is 11.7 Å². The molecule has 1 atom stereocenters. The zero-order chi connectivity index (χ0) is 16.1. The van der Waals surface area contributed by atoms with Gasteiger partial charge in [-0.2, -0.15) is 0 Å². The predicted molar refractivity (Wildman–Crippen MR) is 92.5 cm³/mol. The van der Waals surface area contributed by atoms with Gasteiger partial charge in [0.05, 0.1) is 6.04 Å². The van der Waals surface area contributed by atoms with Crippen molar-refractivity contribution in [1.29, 1.82) is 0 Å². The summed E-state index contributed by atoms with van der Waals surface area (Å²) in [6, 6.07) is 19.9. The van der Waals surface area contributed by atoms with E-state index in [1.165, 1.54) is 6.42 Å². The second-order valence-electron chi connectivity index (χ2n) is 6.38. The van der Waals surface area contributed by atoms with Crippen LogP contribution in [0.25, 0.3) is 0 Å². The lowest BCUT2D eigenvalue weighted by Crippen LogP contribution is -2.49. The molecule has 0 aliphatic heterocycles. The first kappa shape index (κ1) is 15.8. The highest BCUT2D eigenvalue weighted by atomic mass is 16.2. The Morgan fingerprint density at radius 1 is 0.957 bits per heavy atom. The molecule has 2 aromatic rings. The average molecular weight is 308 g/mol. The first-order valence-corrected chi connectivity index (χ1v) is 8.36. The first-order chi connectivity index (χ1) is 11.2. The van der Waals surface area contributed by atoms with Crippen molar-refractivity contribution < 1.29 is 4.79 Å². The van der Waals surface area contributed by atoms with Crippen LogP contribution in [0, 0.1) is 5.92 Å². The van der Waals surface area contributed by atoms with Gasteiger partial charge in [-0.15, -0.1) is 0 Å². The summed E-state index contributed by atoms with van der Waals surface area (Å²) < 4.78 is 0. The van der Waals surface area contributed by atoms with Gasteiger partial charge in [-0.1, -0.05) is 67.1 Å². The van der Waals surface area contributed by atoms with Crippen molar-refractivity contribution in [2.45, 2.75) is 38.4 Å². The van der Waals surface area contributed by atoms with E-state index >= 15 is 0 Å². The Morgan fingerprint density at radius 3 is 1.83 bits per heavy atom. The molecule has 1 fully saturated rings. The van der Waals surface area contributed by atoms with E-state index < -0.39 is 0 Å². The molecule has 1 amide bonds. The lowest BCUT2D eigenvalue weighted by atomic mass is 9.79. The van der Waals surface area contributed by atoms with Gasteiger partial charge in [-0.25, -0.2) is 0 Å². The molecule has 0 radical (unpaired) electrons. The fourth-order valence-electron chi connectivity index (χ4n) is 3.03. The number of nitrogens with zero attached hydrogens (tertiary/aromatic N) is 1. The normalized spacial score (nSPS) is 15.7. The summed E-state index contributed by atoms with van der Waals surface area (Å²) in [7, 11) is 0. The average Bonchev–Trinajstić information content (AvgIpc) is 2.54. The van der Waals surface area contributed by atoms with E-state index in [9.17, 15) is 4.79 Å². The first-order valence-electron chi connectivity index (χ1n) is 8.36. The van der Waals surface area contributed by atoms with Crippen LogP contribution in [0.2, 0.25) is 0 Å². The molecule has 3 rings (SSSR count). The van der Waals surface area contributed by atoms with Crippen LogP contribution in [-0.2, 0) is 17.9 Å². The number of hydrogen-bond acceptors (Lipinski definition) is 2. The van der Waals surface area contributed by atoms with E-state index in [2.05, 4.69) is 24.3 Å². The van der Waals surface area contributed by atoms with Crippen molar-refractivity contribution in [3.8, 4) is 0 Å². The van der Waals surface area contributed by atoms with Gasteiger partial charge in [0.25, 0.3) is 0 Å². The maximum Gasteiger partial charge on any atom is 0.240 e. The highest BCUT2D eigenvalue weighted by molar-refractivity contribution is 5.82. The van der Waals surface area contributed by atoms with Gasteiger partial charge in [0.1, 0.15) is 0 Å². The Balaban J connectivity index is 1.75. The van der Waals surface area contributed by atoms with Crippen LogP contribution in [-0.4, -0.2) is 16.8 Å². The van der Waals surface area contributed by atoms with Crippen molar-refractivity contribution in [3.05, 3.63) is 71.8 Å². The Kier molecular flexibility index (Phi) is 5.09. The zero-order valence-corrected chi connectivity index (χ0v) is 13.4. The summed E-state index contributed by atoms with van der Waals surface area (Å²) in [6.07, 6.45) is 3.36. The third-order valence-electron chi connectivity index (χ3n) is 4.69. The van der Waals surface area contributed by atoms with Gasteiger partial charge in [0.15, 0.2) is 0 Å². The number of hydrogen-bond donors (Lipinski definition) is 1. The van der Waals surface area contributed by atoms with Crippen LogP contribution in [0.4, 0.5) is 0 Å². The summed E-state index contributed by atoms with van der Waals surface area (Å²) in [5.74, 6) is 0.430. The molecule has 3 heteroatoms. The molecule has 0 aromatic heterocycles. The largest absolute Gasteiger partial charge is 0.333 e. The van der Waals surface area contributed by atoms with E-state index in [0.29, 0.717) is 19.0 Å². The van der Waals surface area contributed by atoms with Gasteiger partial charge in [-0.3, -0.25) is 4.79 Å². The minimum atomic E-state index is -0.365. The molecular weight excluding hydrogens is 284 g/mol. The second-order valence-corrected chi connectivity index (χ2v) is 6.38. The summed E-state index contributed by atoms with van der Waals surface area (Å²) >= 11 is 0. The molecule has 1 unspecified atom stereocenters. The molecule has 23 heavy (non-hydrogen) atoms. The zero-order valence-electron chi connectivity index (χ0n) is 13.4. The molecular formula is C20H24N2O.